The Hall–Kier alpha value is -1.07. The fraction of sp³-hybridized carbons (Fsp3) is 0.625. The van der Waals surface area contributed by atoms with Crippen molar-refractivity contribution < 1.29 is 8.42 Å². The molecule has 1 fully saturated rings. The summed E-state index contributed by atoms with van der Waals surface area (Å²) in [6.07, 6.45) is 3.29. The predicted octanol–water partition coefficient (Wildman–Crippen LogP) is 3.20. The summed E-state index contributed by atoms with van der Waals surface area (Å²) in [6, 6.07) is 3.80. The number of hydrogen-bond donors (Lipinski definition) is 2. The van der Waals surface area contributed by atoms with Gasteiger partial charge >= 0.3 is 0 Å². The van der Waals surface area contributed by atoms with Gasteiger partial charge in [0.15, 0.2) is 0 Å². The normalized spacial score (nSPS) is 16.8. The third-order valence-corrected chi connectivity index (χ3v) is 6.16. The van der Waals surface area contributed by atoms with Crippen molar-refractivity contribution >= 4 is 15.7 Å². The van der Waals surface area contributed by atoms with E-state index >= 15 is 0 Å². The standard InChI is InChI=1S/C16H26N2O2S/c1-5-16(7-8-16)11-18-21(19,20)15-12(3)9-14(17-6-2)10-13(15)4/h9-10,17-18H,5-8,11H2,1-4H3. The van der Waals surface area contributed by atoms with Crippen molar-refractivity contribution in [1.29, 1.82) is 0 Å². The quantitative estimate of drug-likeness (QED) is 0.813. The Balaban J connectivity index is 2.23. The Morgan fingerprint density at radius 1 is 1.14 bits per heavy atom. The second-order valence-corrected chi connectivity index (χ2v) is 7.85. The van der Waals surface area contributed by atoms with E-state index in [1.54, 1.807) is 0 Å². The molecule has 2 N–H and O–H groups in total. The molecule has 1 aromatic rings. The van der Waals surface area contributed by atoms with Crippen LogP contribution < -0.4 is 10.0 Å². The van der Waals surface area contributed by atoms with E-state index in [-0.39, 0.29) is 5.41 Å². The van der Waals surface area contributed by atoms with Crippen LogP contribution in [0.2, 0.25) is 0 Å². The van der Waals surface area contributed by atoms with Crippen molar-refractivity contribution in [3.05, 3.63) is 23.3 Å². The minimum Gasteiger partial charge on any atom is -0.385 e. The molecule has 2 rings (SSSR count). The Morgan fingerprint density at radius 2 is 1.71 bits per heavy atom. The lowest BCUT2D eigenvalue weighted by Crippen LogP contribution is -2.31. The van der Waals surface area contributed by atoms with E-state index in [2.05, 4.69) is 17.0 Å². The lowest BCUT2D eigenvalue weighted by Gasteiger charge is -2.17. The molecule has 0 spiro atoms. The topological polar surface area (TPSA) is 58.2 Å². The number of benzene rings is 1. The number of rotatable bonds is 7. The molecule has 0 bridgehead atoms. The van der Waals surface area contributed by atoms with Crippen molar-refractivity contribution in [2.24, 2.45) is 5.41 Å². The minimum absolute atomic E-state index is 0.207. The molecule has 1 aliphatic carbocycles. The molecule has 0 heterocycles. The van der Waals surface area contributed by atoms with E-state index in [4.69, 9.17) is 0 Å². The molecule has 4 nitrogen and oxygen atoms in total. The van der Waals surface area contributed by atoms with Crippen LogP contribution in [0, 0.1) is 19.3 Å². The third kappa shape index (κ3) is 3.58. The van der Waals surface area contributed by atoms with E-state index in [0.717, 1.165) is 42.6 Å². The van der Waals surface area contributed by atoms with Crippen LogP contribution in [0.4, 0.5) is 5.69 Å². The predicted molar refractivity (Wildman–Crippen MR) is 87.2 cm³/mol. The van der Waals surface area contributed by atoms with E-state index in [1.165, 1.54) is 0 Å². The molecule has 0 saturated heterocycles. The molecule has 1 aliphatic rings. The highest BCUT2D eigenvalue weighted by molar-refractivity contribution is 7.89. The second kappa shape index (κ2) is 5.97. The van der Waals surface area contributed by atoms with E-state index < -0.39 is 10.0 Å². The maximum absolute atomic E-state index is 12.6. The largest absolute Gasteiger partial charge is 0.385 e. The lowest BCUT2D eigenvalue weighted by atomic mass is 10.1. The van der Waals surface area contributed by atoms with Crippen LogP contribution in [-0.4, -0.2) is 21.5 Å². The maximum Gasteiger partial charge on any atom is 0.241 e. The molecule has 0 amide bonds. The summed E-state index contributed by atoms with van der Waals surface area (Å²) in [6.45, 7) is 9.24. The zero-order valence-electron chi connectivity index (χ0n) is 13.4. The van der Waals surface area contributed by atoms with Gasteiger partial charge < -0.3 is 5.32 Å². The van der Waals surface area contributed by atoms with Gasteiger partial charge in [-0.1, -0.05) is 6.92 Å². The smallest absolute Gasteiger partial charge is 0.241 e. The Morgan fingerprint density at radius 3 is 2.14 bits per heavy atom. The first-order chi connectivity index (χ1) is 9.83. The van der Waals surface area contributed by atoms with Gasteiger partial charge in [-0.15, -0.1) is 0 Å². The van der Waals surface area contributed by atoms with Crippen molar-refractivity contribution in [2.75, 3.05) is 18.4 Å². The van der Waals surface area contributed by atoms with Crippen molar-refractivity contribution in [1.82, 2.24) is 4.72 Å². The SMILES string of the molecule is CCNc1cc(C)c(S(=O)(=O)NCC2(CC)CC2)c(C)c1. The molecule has 1 saturated carbocycles. The van der Waals surface area contributed by atoms with E-state index in [1.807, 2.05) is 32.9 Å². The van der Waals surface area contributed by atoms with Gasteiger partial charge in [0, 0.05) is 18.8 Å². The zero-order chi connectivity index (χ0) is 15.7. The highest BCUT2D eigenvalue weighted by atomic mass is 32.2. The molecule has 0 atom stereocenters. The lowest BCUT2D eigenvalue weighted by molar-refractivity contribution is 0.475. The number of hydrogen-bond acceptors (Lipinski definition) is 3. The van der Waals surface area contributed by atoms with Gasteiger partial charge in [0.25, 0.3) is 0 Å². The van der Waals surface area contributed by atoms with E-state index in [0.29, 0.717) is 11.4 Å². The van der Waals surface area contributed by atoms with E-state index in [9.17, 15) is 8.42 Å². The first kappa shape index (κ1) is 16.3. The van der Waals surface area contributed by atoms with Gasteiger partial charge in [0.1, 0.15) is 0 Å². The summed E-state index contributed by atoms with van der Waals surface area (Å²) in [4.78, 5) is 0.427. The van der Waals surface area contributed by atoms with Gasteiger partial charge in [-0.2, -0.15) is 0 Å². The van der Waals surface area contributed by atoms with Crippen LogP contribution in [0.15, 0.2) is 17.0 Å². The summed E-state index contributed by atoms with van der Waals surface area (Å²) in [5.74, 6) is 0. The summed E-state index contributed by atoms with van der Waals surface area (Å²) in [5.41, 5.74) is 2.76. The first-order valence-electron chi connectivity index (χ1n) is 7.68. The van der Waals surface area contributed by atoms with Gasteiger partial charge in [0.2, 0.25) is 10.0 Å². The molecular formula is C16H26N2O2S. The maximum atomic E-state index is 12.6. The molecule has 21 heavy (non-hydrogen) atoms. The molecule has 0 aromatic heterocycles. The average molecular weight is 310 g/mol. The van der Waals surface area contributed by atoms with Gasteiger partial charge in [-0.3, -0.25) is 0 Å². The number of anilines is 1. The van der Waals surface area contributed by atoms with Crippen LogP contribution in [-0.2, 0) is 10.0 Å². The molecule has 118 valence electrons. The summed E-state index contributed by atoms with van der Waals surface area (Å²) in [7, 11) is -3.43. The Bertz CT molecular complexity index is 596. The highest BCUT2D eigenvalue weighted by Crippen LogP contribution is 2.48. The van der Waals surface area contributed by atoms with Gasteiger partial charge in [-0.05, 0) is 68.7 Å². The van der Waals surface area contributed by atoms with Crippen LogP contribution in [0.3, 0.4) is 0 Å². The minimum atomic E-state index is -3.43. The van der Waals surface area contributed by atoms with Gasteiger partial charge in [0.05, 0.1) is 4.90 Å². The number of sulfonamides is 1. The second-order valence-electron chi connectivity index (χ2n) is 6.15. The Labute approximate surface area is 128 Å². The van der Waals surface area contributed by atoms with Crippen molar-refractivity contribution in [2.45, 2.75) is 51.9 Å². The first-order valence-corrected chi connectivity index (χ1v) is 9.16. The van der Waals surface area contributed by atoms with Crippen LogP contribution in [0.5, 0.6) is 0 Å². The summed E-state index contributed by atoms with van der Waals surface area (Å²) < 4.78 is 28.0. The van der Waals surface area contributed by atoms with Crippen LogP contribution in [0.25, 0.3) is 0 Å². The molecule has 0 aliphatic heterocycles. The van der Waals surface area contributed by atoms with Crippen molar-refractivity contribution in [3.63, 3.8) is 0 Å². The fourth-order valence-corrected chi connectivity index (χ4v) is 4.44. The highest BCUT2D eigenvalue weighted by Gasteiger charge is 2.41. The fourth-order valence-electron chi connectivity index (χ4n) is 2.83. The third-order valence-electron chi connectivity index (χ3n) is 4.45. The van der Waals surface area contributed by atoms with Gasteiger partial charge in [-0.25, -0.2) is 13.1 Å². The van der Waals surface area contributed by atoms with Crippen LogP contribution in [0.1, 0.15) is 44.2 Å². The summed E-state index contributed by atoms with van der Waals surface area (Å²) in [5, 5.41) is 3.23. The monoisotopic (exact) mass is 310 g/mol. The molecular weight excluding hydrogens is 284 g/mol. The Kier molecular flexibility index (Phi) is 4.63. The van der Waals surface area contributed by atoms with Crippen LogP contribution >= 0.6 is 0 Å². The average Bonchev–Trinajstić information content (AvgIpc) is 3.16. The molecule has 5 heteroatoms. The zero-order valence-corrected chi connectivity index (χ0v) is 14.2. The van der Waals surface area contributed by atoms with Crippen molar-refractivity contribution in [3.8, 4) is 0 Å². The number of aryl methyl sites for hydroxylation is 2. The summed E-state index contributed by atoms with van der Waals surface area (Å²) >= 11 is 0. The molecule has 1 aromatic carbocycles. The molecule has 0 unspecified atom stereocenters. The molecule has 0 radical (unpaired) electrons. The number of nitrogens with one attached hydrogen (secondary N) is 2.